The molecule has 5 heteroatoms. The second-order valence-electron chi connectivity index (χ2n) is 6.03. The summed E-state index contributed by atoms with van der Waals surface area (Å²) in [7, 11) is 0. The van der Waals surface area contributed by atoms with Crippen molar-refractivity contribution in [3.8, 4) is 5.75 Å². The predicted octanol–water partition coefficient (Wildman–Crippen LogP) is 4.69. The number of esters is 1. The lowest BCUT2D eigenvalue weighted by Gasteiger charge is -2.12. The highest BCUT2D eigenvalue weighted by atomic mass is 32.1. The first-order valence-corrected chi connectivity index (χ1v) is 9.31. The smallest absolute Gasteiger partial charge is 0.330 e. The Morgan fingerprint density at radius 2 is 1.96 bits per heavy atom. The van der Waals surface area contributed by atoms with Gasteiger partial charge in [-0.05, 0) is 50.1 Å². The van der Waals surface area contributed by atoms with Crippen LogP contribution in [0.1, 0.15) is 19.8 Å². The molecule has 0 bridgehead atoms. The fraction of sp³-hybridized carbons (Fsp3) is 0.238. The van der Waals surface area contributed by atoms with Crippen molar-refractivity contribution in [1.29, 1.82) is 0 Å². The van der Waals surface area contributed by atoms with Crippen molar-refractivity contribution in [3.05, 3.63) is 65.3 Å². The first kappa shape index (κ1) is 18.1. The number of fused-ring (bicyclic) bond motifs is 2. The zero-order valence-corrected chi connectivity index (χ0v) is 15.4. The number of carbonyl (C=O) groups excluding carboxylic acids is 1. The maximum atomic E-state index is 12.7. The minimum atomic E-state index is -0.413. The summed E-state index contributed by atoms with van der Waals surface area (Å²) in [5.41, 5.74) is 0.0322. The Kier molecular flexibility index (Phi) is 5.68. The molecular formula is C21H20O4S. The van der Waals surface area contributed by atoms with Gasteiger partial charge < -0.3 is 9.47 Å². The third kappa shape index (κ3) is 4.11. The van der Waals surface area contributed by atoms with E-state index in [-0.39, 0.29) is 11.5 Å². The highest BCUT2D eigenvalue weighted by Crippen LogP contribution is 2.27. The molecule has 3 aromatic rings. The van der Waals surface area contributed by atoms with E-state index < -0.39 is 5.97 Å². The van der Waals surface area contributed by atoms with Gasteiger partial charge in [0.05, 0.1) is 12.7 Å². The molecule has 0 aliphatic carbocycles. The molecule has 0 radical (unpaired) electrons. The van der Waals surface area contributed by atoms with Gasteiger partial charge in [0.1, 0.15) is 5.75 Å². The molecular weight excluding hydrogens is 348 g/mol. The van der Waals surface area contributed by atoms with Crippen LogP contribution in [0.5, 0.6) is 5.75 Å². The van der Waals surface area contributed by atoms with E-state index in [4.69, 9.17) is 9.47 Å². The van der Waals surface area contributed by atoms with Gasteiger partial charge in [-0.25, -0.2) is 4.79 Å². The molecule has 134 valence electrons. The molecule has 3 rings (SSSR count). The van der Waals surface area contributed by atoms with Crippen molar-refractivity contribution in [2.45, 2.75) is 25.9 Å². The Morgan fingerprint density at radius 1 is 1.19 bits per heavy atom. The molecule has 1 aromatic heterocycles. The van der Waals surface area contributed by atoms with Gasteiger partial charge in [-0.2, -0.15) is 0 Å². The molecule has 0 saturated heterocycles. The van der Waals surface area contributed by atoms with Crippen molar-refractivity contribution < 1.29 is 14.3 Å². The summed E-state index contributed by atoms with van der Waals surface area (Å²) in [6.45, 7) is 5.71. The fourth-order valence-electron chi connectivity index (χ4n) is 2.74. The second kappa shape index (κ2) is 8.15. The van der Waals surface area contributed by atoms with Gasteiger partial charge in [-0.3, -0.25) is 4.79 Å². The largest absolute Gasteiger partial charge is 0.494 e. The average molecular weight is 368 g/mol. The van der Waals surface area contributed by atoms with Gasteiger partial charge in [0.25, 0.3) is 0 Å². The number of ether oxygens (including phenoxy) is 2. The van der Waals surface area contributed by atoms with Gasteiger partial charge >= 0.3 is 5.97 Å². The van der Waals surface area contributed by atoms with Crippen molar-refractivity contribution in [2.75, 3.05) is 6.61 Å². The van der Waals surface area contributed by atoms with E-state index in [1.54, 1.807) is 11.3 Å². The van der Waals surface area contributed by atoms with Crippen LogP contribution < -0.4 is 10.2 Å². The normalized spacial score (nSPS) is 12.0. The highest BCUT2D eigenvalue weighted by Gasteiger charge is 2.08. The van der Waals surface area contributed by atoms with Gasteiger partial charge in [-0.15, -0.1) is 11.3 Å². The lowest BCUT2D eigenvalue weighted by atomic mass is 10.2. The highest BCUT2D eigenvalue weighted by molar-refractivity contribution is 7.24. The van der Waals surface area contributed by atoms with E-state index in [9.17, 15) is 9.59 Å². The second-order valence-corrected chi connectivity index (χ2v) is 7.11. The monoisotopic (exact) mass is 368 g/mol. The molecule has 0 fully saturated rings. The predicted molar refractivity (Wildman–Crippen MR) is 106 cm³/mol. The lowest BCUT2D eigenvalue weighted by molar-refractivity contribution is -0.142. The molecule has 0 aliphatic heterocycles. The number of carbonyl (C=O) groups is 1. The Labute approximate surface area is 155 Å². The molecule has 2 aromatic carbocycles. The van der Waals surface area contributed by atoms with E-state index in [1.807, 2.05) is 49.4 Å². The van der Waals surface area contributed by atoms with Gasteiger partial charge in [0, 0.05) is 26.2 Å². The molecule has 26 heavy (non-hydrogen) atoms. The van der Waals surface area contributed by atoms with Crippen LogP contribution in [-0.2, 0) is 9.53 Å². The Bertz CT molecular complexity index is 1010. The summed E-state index contributed by atoms with van der Waals surface area (Å²) < 4.78 is 12.8. The summed E-state index contributed by atoms with van der Waals surface area (Å²) in [6.07, 6.45) is 2.43. The average Bonchev–Trinajstić information content (AvgIpc) is 2.65. The molecule has 0 amide bonds. The number of hydrogen-bond donors (Lipinski definition) is 0. The zero-order valence-electron chi connectivity index (χ0n) is 14.6. The van der Waals surface area contributed by atoms with E-state index >= 15 is 0 Å². The van der Waals surface area contributed by atoms with Gasteiger partial charge in [0.2, 0.25) is 0 Å². The first-order valence-electron chi connectivity index (χ1n) is 8.50. The molecule has 0 saturated carbocycles. The Morgan fingerprint density at radius 3 is 2.77 bits per heavy atom. The molecule has 1 heterocycles. The fourth-order valence-corrected chi connectivity index (χ4v) is 3.79. The number of benzene rings is 2. The maximum Gasteiger partial charge on any atom is 0.330 e. The lowest BCUT2D eigenvalue weighted by Crippen LogP contribution is -2.14. The first-order chi connectivity index (χ1) is 12.6. The van der Waals surface area contributed by atoms with E-state index in [1.165, 1.54) is 0 Å². The van der Waals surface area contributed by atoms with Gasteiger partial charge in [0.15, 0.2) is 5.43 Å². The third-order valence-corrected chi connectivity index (χ3v) is 5.21. The van der Waals surface area contributed by atoms with Crippen LogP contribution in [0, 0.1) is 0 Å². The van der Waals surface area contributed by atoms with Crippen LogP contribution in [0.25, 0.3) is 20.2 Å². The summed E-state index contributed by atoms with van der Waals surface area (Å²) in [6, 6.07) is 13.3. The Balaban J connectivity index is 1.67. The molecule has 1 unspecified atom stereocenters. The molecule has 1 atom stereocenters. The van der Waals surface area contributed by atoms with E-state index in [2.05, 4.69) is 6.58 Å². The topological polar surface area (TPSA) is 52.6 Å². The van der Waals surface area contributed by atoms with Crippen LogP contribution in [-0.4, -0.2) is 18.7 Å². The van der Waals surface area contributed by atoms with Crippen LogP contribution >= 0.6 is 11.3 Å². The minimum Gasteiger partial charge on any atom is -0.494 e. The number of hydrogen-bond acceptors (Lipinski definition) is 5. The van der Waals surface area contributed by atoms with Crippen LogP contribution in [0.4, 0.5) is 0 Å². The zero-order chi connectivity index (χ0) is 18.5. The van der Waals surface area contributed by atoms with Crippen molar-refractivity contribution in [2.24, 2.45) is 0 Å². The molecule has 0 spiro atoms. The van der Waals surface area contributed by atoms with Crippen LogP contribution in [0.3, 0.4) is 0 Å². The number of rotatable bonds is 7. The standard InChI is InChI=1S/C21H20O4S/c1-3-20(22)25-14(2)7-6-12-24-15-10-11-19-17(13-15)21(23)16-8-4-5-9-18(16)26-19/h3-5,8-11,13-14H,1,6-7,12H2,2H3. The van der Waals surface area contributed by atoms with Crippen molar-refractivity contribution in [1.82, 2.24) is 0 Å². The summed E-state index contributed by atoms with van der Waals surface area (Å²) in [4.78, 5) is 23.8. The summed E-state index contributed by atoms with van der Waals surface area (Å²) >= 11 is 1.60. The SMILES string of the molecule is C=CC(=O)OC(C)CCCOc1ccc2sc3ccccc3c(=O)c2c1. The van der Waals surface area contributed by atoms with E-state index in [0.717, 1.165) is 27.3 Å². The summed E-state index contributed by atoms with van der Waals surface area (Å²) in [5.74, 6) is 0.261. The molecule has 0 aliphatic rings. The molecule has 0 N–H and O–H groups in total. The van der Waals surface area contributed by atoms with Crippen molar-refractivity contribution in [3.63, 3.8) is 0 Å². The summed E-state index contributed by atoms with van der Waals surface area (Å²) in [5, 5.41) is 1.42. The van der Waals surface area contributed by atoms with Crippen LogP contribution in [0.2, 0.25) is 0 Å². The Hall–Kier alpha value is -2.66. The van der Waals surface area contributed by atoms with Crippen LogP contribution in [0.15, 0.2) is 59.9 Å². The minimum absolute atomic E-state index is 0.0322. The quantitative estimate of drug-likeness (QED) is 0.263. The van der Waals surface area contributed by atoms with E-state index in [0.29, 0.717) is 24.2 Å². The maximum absolute atomic E-state index is 12.7. The third-order valence-electron chi connectivity index (χ3n) is 4.05. The molecule has 4 nitrogen and oxygen atoms in total. The van der Waals surface area contributed by atoms with Crippen molar-refractivity contribution >= 4 is 37.5 Å². The van der Waals surface area contributed by atoms with Gasteiger partial charge in [-0.1, -0.05) is 18.7 Å².